The van der Waals surface area contributed by atoms with Gasteiger partial charge in [-0.05, 0) is 35.4 Å². The smallest absolute Gasteiger partial charge is 0.308 e. The molecule has 0 aliphatic heterocycles. The topological polar surface area (TPSA) is 83.0 Å². The Labute approximate surface area is 181 Å². The molecule has 2 aromatic carbocycles. The van der Waals surface area contributed by atoms with E-state index < -0.39 is 5.97 Å². The number of ether oxygens (including phenoxy) is 4. The normalized spacial score (nSPS) is 10.3. The number of carbonyl (C=O) groups excluding carboxylic acids is 1. The van der Waals surface area contributed by atoms with Crippen LogP contribution >= 0.6 is 0 Å². The zero-order valence-corrected chi connectivity index (χ0v) is 18.0. The average Bonchev–Trinajstić information content (AvgIpc) is 2.79. The first-order valence-electron chi connectivity index (χ1n) is 9.62. The molecule has 0 aliphatic rings. The van der Waals surface area contributed by atoms with Crippen LogP contribution in [0.1, 0.15) is 18.1 Å². The molecule has 0 fully saturated rings. The maximum absolute atomic E-state index is 11.3. The Balaban J connectivity index is 1.92. The van der Waals surface area contributed by atoms with Gasteiger partial charge in [0.1, 0.15) is 11.5 Å². The van der Waals surface area contributed by atoms with Gasteiger partial charge in [-0.15, -0.1) is 0 Å². The molecule has 0 radical (unpaired) electrons. The van der Waals surface area contributed by atoms with E-state index in [1.165, 1.54) is 20.2 Å². The number of hydrogen-bond donors (Lipinski definition) is 0. The van der Waals surface area contributed by atoms with Gasteiger partial charge in [-0.1, -0.05) is 24.3 Å². The molecule has 0 aliphatic carbocycles. The Morgan fingerprint density at radius 2 is 1.35 bits per heavy atom. The summed E-state index contributed by atoms with van der Waals surface area (Å²) in [7, 11) is 4.74. The van der Waals surface area contributed by atoms with Gasteiger partial charge in [0.05, 0.1) is 27.5 Å². The van der Waals surface area contributed by atoms with Crippen LogP contribution in [0.25, 0.3) is 0 Å². The van der Waals surface area contributed by atoms with E-state index in [1.54, 1.807) is 14.2 Å². The molecule has 0 unspecified atom stereocenters. The van der Waals surface area contributed by atoms with Crippen LogP contribution in [0, 0.1) is 0 Å². The molecule has 0 bridgehead atoms. The molecule has 3 rings (SSSR count). The first-order valence-corrected chi connectivity index (χ1v) is 9.62. The highest BCUT2D eigenvalue weighted by Gasteiger charge is 2.17. The zero-order chi connectivity index (χ0) is 22.2. The maximum atomic E-state index is 11.3. The Hall–Kier alpha value is -3.81. The lowest BCUT2D eigenvalue weighted by atomic mass is 10.1. The lowest BCUT2D eigenvalue weighted by molar-refractivity contribution is -0.132. The summed E-state index contributed by atoms with van der Waals surface area (Å²) in [6.07, 6.45) is 1.44. The van der Waals surface area contributed by atoms with Crippen molar-refractivity contribution in [2.45, 2.75) is 20.0 Å². The van der Waals surface area contributed by atoms with Gasteiger partial charge in [0.2, 0.25) is 11.7 Å². The lowest BCUT2D eigenvalue weighted by Crippen LogP contribution is -2.24. The van der Waals surface area contributed by atoms with E-state index in [9.17, 15) is 4.79 Å². The number of methoxy groups -OCH3 is 3. The Morgan fingerprint density at radius 1 is 0.839 bits per heavy atom. The Kier molecular flexibility index (Phi) is 7.26. The second-order valence-corrected chi connectivity index (χ2v) is 6.69. The van der Waals surface area contributed by atoms with Crippen molar-refractivity contribution in [1.29, 1.82) is 0 Å². The molecule has 0 amide bonds. The number of hydrogen-bond acceptors (Lipinski definition) is 8. The van der Waals surface area contributed by atoms with Gasteiger partial charge in [0.15, 0.2) is 0 Å². The number of esters is 1. The molecular weight excluding hydrogens is 398 g/mol. The van der Waals surface area contributed by atoms with E-state index in [-0.39, 0.29) is 11.6 Å². The molecule has 1 aromatic heterocycles. The minimum absolute atomic E-state index is 0.174. The number of benzene rings is 2. The van der Waals surface area contributed by atoms with E-state index in [1.807, 2.05) is 53.4 Å². The van der Waals surface area contributed by atoms with Gasteiger partial charge < -0.3 is 23.8 Å². The molecule has 162 valence electrons. The molecule has 0 spiro atoms. The molecule has 31 heavy (non-hydrogen) atoms. The highest BCUT2D eigenvalue weighted by Crippen LogP contribution is 2.28. The fourth-order valence-corrected chi connectivity index (χ4v) is 2.97. The third kappa shape index (κ3) is 5.85. The maximum Gasteiger partial charge on any atom is 0.308 e. The van der Waals surface area contributed by atoms with Crippen molar-refractivity contribution < 1.29 is 23.7 Å². The Morgan fingerprint density at radius 3 is 1.77 bits per heavy atom. The summed E-state index contributed by atoms with van der Waals surface area (Å²) in [6, 6.07) is 15.6. The average molecular weight is 423 g/mol. The van der Waals surface area contributed by atoms with Gasteiger partial charge in [-0.2, -0.15) is 4.98 Å². The van der Waals surface area contributed by atoms with Crippen LogP contribution in [-0.2, 0) is 17.9 Å². The van der Waals surface area contributed by atoms with E-state index in [0.717, 1.165) is 22.6 Å². The lowest BCUT2D eigenvalue weighted by Gasteiger charge is -2.24. The first kappa shape index (κ1) is 21.9. The van der Waals surface area contributed by atoms with E-state index in [4.69, 9.17) is 18.9 Å². The van der Waals surface area contributed by atoms with Crippen molar-refractivity contribution in [1.82, 2.24) is 9.97 Å². The van der Waals surface area contributed by atoms with Crippen molar-refractivity contribution in [2.24, 2.45) is 0 Å². The van der Waals surface area contributed by atoms with Crippen molar-refractivity contribution in [3.63, 3.8) is 0 Å². The second kappa shape index (κ2) is 10.3. The third-order valence-corrected chi connectivity index (χ3v) is 4.50. The summed E-state index contributed by atoms with van der Waals surface area (Å²) in [5.41, 5.74) is 2.11. The minimum atomic E-state index is -0.469. The van der Waals surface area contributed by atoms with Crippen LogP contribution in [0.5, 0.6) is 23.1 Å². The first-order chi connectivity index (χ1) is 15.0. The molecule has 0 saturated carbocycles. The van der Waals surface area contributed by atoms with Crippen molar-refractivity contribution in [3.05, 3.63) is 65.9 Å². The molecular formula is C23H25N3O5. The van der Waals surface area contributed by atoms with Gasteiger partial charge in [0.25, 0.3) is 5.88 Å². The predicted octanol–water partition coefficient (Wildman–Crippen LogP) is 3.63. The largest absolute Gasteiger partial charge is 0.497 e. The second-order valence-electron chi connectivity index (χ2n) is 6.69. The molecule has 0 atom stereocenters. The number of rotatable bonds is 9. The minimum Gasteiger partial charge on any atom is -0.497 e. The van der Waals surface area contributed by atoms with Crippen molar-refractivity contribution >= 4 is 11.9 Å². The number of anilines is 1. The summed E-state index contributed by atoms with van der Waals surface area (Å²) in [5.74, 6) is 1.91. The monoisotopic (exact) mass is 423 g/mol. The van der Waals surface area contributed by atoms with Gasteiger partial charge in [-0.3, -0.25) is 4.79 Å². The quantitative estimate of drug-likeness (QED) is 0.483. The molecule has 1 heterocycles. The fraction of sp³-hybridized carbons (Fsp3) is 0.261. The molecule has 8 heteroatoms. The number of carbonyl (C=O) groups is 1. The molecule has 3 aromatic rings. The Bertz CT molecular complexity index is 957. The van der Waals surface area contributed by atoms with Crippen LogP contribution in [0.15, 0.2) is 54.7 Å². The van der Waals surface area contributed by atoms with Crippen LogP contribution in [-0.4, -0.2) is 37.3 Å². The van der Waals surface area contributed by atoms with Crippen LogP contribution < -0.4 is 23.8 Å². The number of nitrogens with zero attached hydrogens (tertiary/aromatic N) is 3. The summed E-state index contributed by atoms with van der Waals surface area (Å²) in [5, 5.41) is 0. The van der Waals surface area contributed by atoms with E-state index >= 15 is 0 Å². The summed E-state index contributed by atoms with van der Waals surface area (Å²) < 4.78 is 20.9. The SMILES string of the molecule is COc1ccc(CN(Cc2ccc(OC)cc2)c2ncc(OC(C)=O)c(OC)n2)cc1. The van der Waals surface area contributed by atoms with E-state index in [2.05, 4.69) is 9.97 Å². The third-order valence-electron chi connectivity index (χ3n) is 4.50. The van der Waals surface area contributed by atoms with Crippen LogP contribution in [0.4, 0.5) is 5.95 Å². The summed E-state index contributed by atoms with van der Waals surface area (Å²) in [4.78, 5) is 22.2. The van der Waals surface area contributed by atoms with E-state index in [0.29, 0.717) is 19.0 Å². The molecule has 0 saturated heterocycles. The fourth-order valence-electron chi connectivity index (χ4n) is 2.97. The zero-order valence-electron chi connectivity index (χ0n) is 18.0. The van der Waals surface area contributed by atoms with Crippen molar-refractivity contribution in [3.8, 4) is 23.1 Å². The van der Waals surface area contributed by atoms with Gasteiger partial charge in [0, 0.05) is 20.0 Å². The van der Waals surface area contributed by atoms with Gasteiger partial charge >= 0.3 is 5.97 Å². The summed E-state index contributed by atoms with van der Waals surface area (Å²) in [6.45, 7) is 2.41. The number of aromatic nitrogens is 2. The highest BCUT2D eigenvalue weighted by atomic mass is 16.6. The summed E-state index contributed by atoms with van der Waals surface area (Å²) >= 11 is 0. The predicted molar refractivity (Wildman–Crippen MR) is 116 cm³/mol. The van der Waals surface area contributed by atoms with Crippen molar-refractivity contribution in [2.75, 3.05) is 26.2 Å². The van der Waals surface area contributed by atoms with Gasteiger partial charge in [-0.25, -0.2) is 4.98 Å². The molecule has 8 nitrogen and oxygen atoms in total. The standard InChI is InChI=1S/C23H25N3O5/c1-16(27)31-21-13-24-23(25-22(21)30-4)26(14-17-5-9-19(28-2)10-6-17)15-18-7-11-20(29-3)12-8-18/h5-13H,14-15H2,1-4H3. The van der Waals surface area contributed by atoms with Crippen LogP contribution in [0.3, 0.4) is 0 Å². The highest BCUT2D eigenvalue weighted by molar-refractivity contribution is 5.70. The molecule has 0 N–H and O–H groups in total. The van der Waals surface area contributed by atoms with Crippen LogP contribution in [0.2, 0.25) is 0 Å².